The van der Waals surface area contributed by atoms with Gasteiger partial charge in [0, 0.05) is 11.1 Å². The number of thiocarbonyl (C=S) groups is 2. The molecule has 0 atom stereocenters. The Morgan fingerprint density at radius 1 is 1.00 bits per heavy atom. The third-order valence-corrected chi connectivity index (χ3v) is 4.04. The summed E-state index contributed by atoms with van der Waals surface area (Å²) in [4.78, 5) is 28.9. The van der Waals surface area contributed by atoms with E-state index >= 15 is 0 Å². The molecule has 3 rings (SSSR count). The first-order chi connectivity index (χ1) is 11.6. The van der Waals surface area contributed by atoms with Crippen molar-refractivity contribution in [3.8, 4) is 0 Å². The third-order valence-electron chi connectivity index (χ3n) is 3.32. The number of benzene rings is 2. The van der Waals surface area contributed by atoms with E-state index in [4.69, 9.17) is 24.4 Å². The van der Waals surface area contributed by atoms with Gasteiger partial charge in [-0.1, -0.05) is 60.8 Å². The highest BCUT2D eigenvalue weighted by atomic mass is 32.1. The fourth-order valence-corrected chi connectivity index (χ4v) is 2.46. The van der Waals surface area contributed by atoms with Gasteiger partial charge in [0.25, 0.3) is 11.8 Å². The van der Waals surface area contributed by atoms with Crippen LogP contribution in [0.1, 0.15) is 15.9 Å². The Kier molecular flexibility index (Phi) is 4.54. The van der Waals surface area contributed by atoms with Crippen LogP contribution in [0, 0.1) is 0 Å². The molecule has 0 unspecified atom stereocenters. The molecule has 0 radical (unpaired) electrons. The maximum Gasteiger partial charge on any atom is 0.275 e. The quantitative estimate of drug-likeness (QED) is 0.832. The van der Waals surface area contributed by atoms with Crippen LogP contribution in [0.15, 0.2) is 59.6 Å². The molecule has 118 valence electrons. The van der Waals surface area contributed by atoms with Gasteiger partial charge in [-0.25, -0.2) is 4.99 Å². The van der Waals surface area contributed by atoms with Gasteiger partial charge in [-0.15, -0.1) is 0 Å². The second kappa shape index (κ2) is 6.77. The zero-order valence-corrected chi connectivity index (χ0v) is 13.9. The van der Waals surface area contributed by atoms with Gasteiger partial charge in [0.1, 0.15) is 10.7 Å². The van der Waals surface area contributed by atoms with Crippen molar-refractivity contribution in [3.63, 3.8) is 0 Å². The van der Waals surface area contributed by atoms with Gasteiger partial charge in [-0.3, -0.25) is 9.59 Å². The minimum atomic E-state index is -0.449. The molecule has 2 aromatic carbocycles. The van der Waals surface area contributed by atoms with Crippen LogP contribution in [0.4, 0.5) is 5.69 Å². The SMILES string of the molecule is O=C1NC(=S)C(=S)N=C1c1ccccc1NC(=O)c1ccccc1. The Balaban J connectivity index is 1.96. The van der Waals surface area contributed by atoms with E-state index in [9.17, 15) is 9.59 Å². The molecule has 0 spiro atoms. The van der Waals surface area contributed by atoms with Crippen molar-refractivity contribution < 1.29 is 9.59 Å². The van der Waals surface area contributed by atoms with Crippen LogP contribution in [0.25, 0.3) is 0 Å². The van der Waals surface area contributed by atoms with Crippen molar-refractivity contribution in [3.05, 3.63) is 65.7 Å². The molecule has 1 aliphatic rings. The standard InChI is InChI=1S/C17H11N3O2S2/c21-14(10-6-2-1-3-7-10)18-12-9-5-4-8-11(12)13-15(22)20-17(24)16(23)19-13/h1-9H,(H,18,21)(H,20,22,24). The lowest BCUT2D eigenvalue weighted by molar-refractivity contribution is -0.113. The smallest absolute Gasteiger partial charge is 0.275 e. The van der Waals surface area contributed by atoms with Crippen LogP contribution in [-0.4, -0.2) is 27.5 Å². The Morgan fingerprint density at radius 3 is 2.42 bits per heavy atom. The number of carbonyl (C=O) groups excluding carboxylic acids is 2. The third kappa shape index (κ3) is 3.27. The van der Waals surface area contributed by atoms with Gasteiger partial charge in [-0.2, -0.15) is 0 Å². The molecule has 1 aliphatic heterocycles. The molecule has 0 saturated carbocycles. The predicted molar refractivity (Wildman–Crippen MR) is 101 cm³/mol. The van der Waals surface area contributed by atoms with Crippen LogP contribution in [-0.2, 0) is 4.79 Å². The average Bonchev–Trinajstić information content (AvgIpc) is 2.59. The second-order valence-electron chi connectivity index (χ2n) is 4.91. The molecule has 24 heavy (non-hydrogen) atoms. The summed E-state index contributed by atoms with van der Waals surface area (Å²) in [5.74, 6) is -0.729. The van der Waals surface area contributed by atoms with Crippen molar-refractivity contribution in [1.29, 1.82) is 0 Å². The average molecular weight is 353 g/mol. The molecule has 2 amide bonds. The minimum absolute atomic E-state index is 0.123. The molecule has 0 aromatic heterocycles. The highest BCUT2D eigenvalue weighted by Gasteiger charge is 2.25. The molecule has 0 saturated heterocycles. The summed E-state index contributed by atoms with van der Waals surface area (Å²) in [5.41, 5.74) is 1.58. The Hall–Kier alpha value is -2.77. The Bertz CT molecular complexity index is 892. The Morgan fingerprint density at radius 2 is 1.67 bits per heavy atom. The van der Waals surface area contributed by atoms with Gasteiger partial charge >= 0.3 is 0 Å². The van der Waals surface area contributed by atoms with Gasteiger partial charge in [0.05, 0.1) is 5.69 Å². The zero-order valence-electron chi connectivity index (χ0n) is 12.3. The van der Waals surface area contributed by atoms with Gasteiger partial charge in [0.15, 0.2) is 4.99 Å². The number of amides is 2. The molecule has 0 bridgehead atoms. The summed E-state index contributed by atoms with van der Waals surface area (Å²) in [5, 5.41) is 5.29. The highest BCUT2D eigenvalue weighted by Crippen LogP contribution is 2.19. The number of hydrogen-bond acceptors (Lipinski definition) is 4. The number of nitrogens with one attached hydrogen (secondary N) is 2. The second-order valence-corrected chi connectivity index (χ2v) is 5.71. The van der Waals surface area contributed by atoms with Crippen molar-refractivity contribution in [2.75, 3.05) is 5.32 Å². The largest absolute Gasteiger partial charge is 0.321 e. The topological polar surface area (TPSA) is 70.6 Å². The maximum absolute atomic E-state index is 12.3. The first-order valence-corrected chi connectivity index (χ1v) is 7.82. The molecule has 0 aliphatic carbocycles. The lowest BCUT2D eigenvalue weighted by atomic mass is 10.1. The van der Waals surface area contributed by atoms with E-state index in [1.54, 1.807) is 48.5 Å². The molecule has 7 heteroatoms. The summed E-state index contributed by atoms with van der Waals surface area (Å²) in [6.45, 7) is 0. The first-order valence-electron chi connectivity index (χ1n) is 7.00. The van der Waals surface area contributed by atoms with Gasteiger partial charge < -0.3 is 10.6 Å². The van der Waals surface area contributed by atoms with Crippen molar-refractivity contribution >= 4 is 57.6 Å². The fraction of sp³-hybridized carbons (Fsp3) is 0. The number of carbonyl (C=O) groups is 2. The minimum Gasteiger partial charge on any atom is -0.321 e. The number of aliphatic imine (C=N–C) groups is 1. The van der Waals surface area contributed by atoms with E-state index in [2.05, 4.69) is 15.6 Å². The van der Waals surface area contributed by atoms with Crippen LogP contribution in [0.5, 0.6) is 0 Å². The summed E-state index contributed by atoms with van der Waals surface area (Å²) in [7, 11) is 0. The van der Waals surface area contributed by atoms with Crippen LogP contribution in [0.2, 0.25) is 0 Å². The van der Waals surface area contributed by atoms with E-state index in [-0.39, 0.29) is 21.6 Å². The zero-order chi connectivity index (χ0) is 17.1. The number of para-hydroxylation sites is 1. The summed E-state index contributed by atoms with van der Waals surface area (Å²) in [6, 6.07) is 15.7. The normalized spacial score (nSPS) is 14.0. The number of anilines is 1. The predicted octanol–water partition coefficient (Wildman–Crippen LogP) is 2.51. The molecule has 2 aromatic rings. The van der Waals surface area contributed by atoms with E-state index in [0.29, 0.717) is 16.8 Å². The number of nitrogens with zero attached hydrogens (tertiary/aromatic N) is 1. The van der Waals surface area contributed by atoms with Crippen molar-refractivity contribution in [2.45, 2.75) is 0 Å². The summed E-state index contributed by atoms with van der Waals surface area (Å²) >= 11 is 9.96. The Labute approximate surface area is 148 Å². The number of hydrogen-bond donors (Lipinski definition) is 2. The van der Waals surface area contributed by atoms with E-state index in [0.717, 1.165) is 0 Å². The van der Waals surface area contributed by atoms with Crippen LogP contribution < -0.4 is 10.6 Å². The maximum atomic E-state index is 12.3. The summed E-state index contributed by atoms with van der Waals surface area (Å²) < 4.78 is 0. The van der Waals surface area contributed by atoms with Crippen molar-refractivity contribution in [2.24, 2.45) is 4.99 Å². The fourth-order valence-electron chi connectivity index (χ4n) is 2.18. The van der Waals surface area contributed by atoms with Crippen LogP contribution in [0.3, 0.4) is 0 Å². The van der Waals surface area contributed by atoms with E-state index < -0.39 is 5.91 Å². The highest BCUT2D eigenvalue weighted by molar-refractivity contribution is 7.89. The molecule has 2 N–H and O–H groups in total. The lowest BCUT2D eigenvalue weighted by Crippen LogP contribution is -2.43. The molecular formula is C17H11N3O2S2. The summed E-state index contributed by atoms with van der Waals surface area (Å²) in [6.07, 6.45) is 0. The van der Waals surface area contributed by atoms with Crippen molar-refractivity contribution in [1.82, 2.24) is 5.32 Å². The van der Waals surface area contributed by atoms with Gasteiger partial charge in [0.2, 0.25) is 0 Å². The first kappa shape index (κ1) is 16.1. The van der Waals surface area contributed by atoms with E-state index in [1.165, 1.54) is 0 Å². The molecule has 1 heterocycles. The molecule has 0 fully saturated rings. The van der Waals surface area contributed by atoms with E-state index in [1.807, 2.05) is 6.07 Å². The molecule has 5 nitrogen and oxygen atoms in total. The monoisotopic (exact) mass is 353 g/mol. The number of rotatable bonds is 3. The lowest BCUT2D eigenvalue weighted by Gasteiger charge is -2.17. The molecular weight excluding hydrogens is 342 g/mol. The van der Waals surface area contributed by atoms with Crippen LogP contribution >= 0.6 is 24.4 Å². The van der Waals surface area contributed by atoms with Gasteiger partial charge in [-0.05, 0) is 18.2 Å².